The van der Waals surface area contributed by atoms with E-state index in [0.29, 0.717) is 37.1 Å². The summed E-state index contributed by atoms with van der Waals surface area (Å²) in [6, 6.07) is 16.6. The zero-order valence-electron chi connectivity index (χ0n) is 14.8. The summed E-state index contributed by atoms with van der Waals surface area (Å²) in [5.74, 6) is -0.413. The van der Waals surface area contributed by atoms with Crippen LogP contribution in [0.1, 0.15) is 34.1 Å². The Balaban J connectivity index is 1.65. The number of halogens is 1. The minimum absolute atomic E-state index is 0.169. The van der Waals surface area contributed by atoms with Crippen molar-refractivity contribution in [3.8, 4) is 0 Å². The van der Waals surface area contributed by atoms with E-state index in [4.69, 9.17) is 0 Å². The molecule has 134 valence electrons. The Hall–Kier alpha value is -2.95. The van der Waals surface area contributed by atoms with Gasteiger partial charge in [-0.1, -0.05) is 55.5 Å². The van der Waals surface area contributed by atoms with Crippen LogP contribution in [0.25, 0.3) is 0 Å². The Bertz CT molecular complexity index is 874. The fourth-order valence-corrected chi connectivity index (χ4v) is 2.97. The minimum Gasteiger partial charge on any atom is -0.352 e. The van der Waals surface area contributed by atoms with Gasteiger partial charge in [0.25, 0.3) is 5.91 Å². The highest BCUT2D eigenvalue weighted by Gasteiger charge is 2.16. The Kier molecular flexibility index (Phi) is 5.79. The van der Waals surface area contributed by atoms with E-state index >= 15 is 0 Å². The second-order valence-corrected chi connectivity index (χ2v) is 6.10. The normalized spacial score (nSPS) is 10.7. The Morgan fingerprint density at radius 2 is 1.85 bits per heavy atom. The topological polar surface area (TPSA) is 46.9 Å². The highest BCUT2D eigenvalue weighted by molar-refractivity contribution is 5.95. The van der Waals surface area contributed by atoms with Crippen molar-refractivity contribution < 1.29 is 9.18 Å². The molecule has 3 rings (SSSR count). The number of nitrogens with one attached hydrogen (secondary N) is 1. The third-order valence-corrected chi connectivity index (χ3v) is 4.34. The van der Waals surface area contributed by atoms with E-state index < -0.39 is 0 Å². The number of aromatic nitrogens is 2. The molecule has 0 radical (unpaired) electrons. The Labute approximate surface area is 152 Å². The lowest BCUT2D eigenvalue weighted by Crippen LogP contribution is -2.26. The number of hydrogen-bond acceptors (Lipinski definition) is 2. The van der Waals surface area contributed by atoms with Gasteiger partial charge in [-0.15, -0.1) is 0 Å². The van der Waals surface area contributed by atoms with Crippen LogP contribution in [0.4, 0.5) is 4.39 Å². The SMILES string of the molecule is CCc1c(C(=O)NCCc2ccccc2F)cnn1Cc1ccccc1. The number of amides is 1. The molecule has 0 unspecified atom stereocenters. The van der Waals surface area contributed by atoms with Crippen LogP contribution >= 0.6 is 0 Å². The third kappa shape index (κ3) is 4.17. The summed E-state index contributed by atoms with van der Waals surface area (Å²) in [5, 5.41) is 7.25. The molecule has 1 aromatic heterocycles. The number of nitrogens with zero attached hydrogens (tertiary/aromatic N) is 2. The molecule has 2 aromatic carbocycles. The molecule has 4 nitrogen and oxygen atoms in total. The summed E-state index contributed by atoms with van der Waals surface area (Å²) < 4.78 is 15.5. The zero-order valence-corrected chi connectivity index (χ0v) is 14.8. The first-order valence-electron chi connectivity index (χ1n) is 8.79. The number of carbonyl (C=O) groups is 1. The van der Waals surface area contributed by atoms with Crippen LogP contribution in [0.5, 0.6) is 0 Å². The maximum absolute atomic E-state index is 13.6. The van der Waals surface area contributed by atoms with Gasteiger partial charge >= 0.3 is 0 Å². The Morgan fingerprint density at radius 1 is 1.12 bits per heavy atom. The molecule has 0 fully saturated rings. The predicted molar refractivity (Wildman–Crippen MR) is 99.6 cm³/mol. The lowest BCUT2D eigenvalue weighted by Gasteiger charge is -2.09. The highest BCUT2D eigenvalue weighted by atomic mass is 19.1. The molecular weight excluding hydrogens is 329 g/mol. The maximum atomic E-state index is 13.6. The molecule has 0 atom stereocenters. The van der Waals surface area contributed by atoms with Gasteiger partial charge in [0.1, 0.15) is 5.82 Å². The first-order valence-corrected chi connectivity index (χ1v) is 8.79. The van der Waals surface area contributed by atoms with Crippen LogP contribution in [-0.4, -0.2) is 22.2 Å². The lowest BCUT2D eigenvalue weighted by atomic mass is 10.1. The monoisotopic (exact) mass is 351 g/mol. The summed E-state index contributed by atoms with van der Waals surface area (Å²) in [6.07, 6.45) is 2.78. The molecule has 0 aliphatic carbocycles. The molecule has 1 amide bonds. The van der Waals surface area contributed by atoms with Crippen LogP contribution in [0.3, 0.4) is 0 Å². The smallest absolute Gasteiger partial charge is 0.254 e. The number of carbonyl (C=O) groups excluding carboxylic acids is 1. The van der Waals surface area contributed by atoms with E-state index in [9.17, 15) is 9.18 Å². The molecule has 0 bridgehead atoms. The average molecular weight is 351 g/mol. The lowest BCUT2D eigenvalue weighted by molar-refractivity contribution is 0.0953. The van der Waals surface area contributed by atoms with Crippen molar-refractivity contribution in [2.24, 2.45) is 0 Å². The van der Waals surface area contributed by atoms with E-state index in [1.54, 1.807) is 24.4 Å². The summed E-state index contributed by atoms with van der Waals surface area (Å²) in [4.78, 5) is 12.5. The van der Waals surface area contributed by atoms with Crippen molar-refractivity contribution in [3.05, 3.63) is 89.0 Å². The van der Waals surface area contributed by atoms with E-state index in [2.05, 4.69) is 10.4 Å². The summed E-state index contributed by atoms with van der Waals surface area (Å²) in [5.41, 5.74) is 3.22. The van der Waals surface area contributed by atoms with Gasteiger partial charge in [0.15, 0.2) is 0 Å². The molecule has 1 heterocycles. The maximum Gasteiger partial charge on any atom is 0.254 e. The highest BCUT2D eigenvalue weighted by Crippen LogP contribution is 2.13. The van der Waals surface area contributed by atoms with Crippen molar-refractivity contribution in [3.63, 3.8) is 0 Å². The van der Waals surface area contributed by atoms with Gasteiger partial charge < -0.3 is 5.32 Å². The average Bonchev–Trinajstić information content (AvgIpc) is 3.06. The van der Waals surface area contributed by atoms with Crippen LogP contribution in [0.15, 0.2) is 60.8 Å². The molecular formula is C21H22FN3O. The van der Waals surface area contributed by atoms with Crippen molar-refractivity contribution in [2.45, 2.75) is 26.3 Å². The van der Waals surface area contributed by atoms with E-state index in [0.717, 1.165) is 11.3 Å². The second kappa shape index (κ2) is 8.43. The van der Waals surface area contributed by atoms with Crippen LogP contribution in [0, 0.1) is 5.82 Å². The van der Waals surface area contributed by atoms with E-state index in [-0.39, 0.29) is 11.7 Å². The van der Waals surface area contributed by atoms with E-state index in [1.165, 1.54) is 6.07 Å². The summed E-state index contributed by atoms with van der Waals surface area (Å²) in [7, 11) is 0. The van der Waals surface area contributed by atoms with Gasteiger partial charge in [0.2, 0.25) is 0 Å². The van der Waals surface area contributed by atoms with Gasteiger partial charge in [-0.25, -0.2) is 4.39 Å². The minimum atomic E-state index is -0.244. The summed E-state index contributed by atoms with van der Waals surface area (Å²) >= 11 is 0. The molecule has 0 saturated carbocycles. The van der Waals surface area contributed by atoms with Crippen molar-refractivity contribution >= 4 is 5.91 Å². The molecule has 0 aliphatic rings. The Morgan fingerprint density at radius 3 is 2.58 bits per heavy atom. The number of rotatable bonds is 7. The molecule has 26 heavy (non-hydrogen) atoms. The van der Waals surface area contributed by atoms with E-state index in [1.807, 2.05) is 41.9 Å². The molecule has 3 aromatic rings. The fourth-order valence-electron chi connectivity index (χ4n) is 2.97. The largest absolute Gasteiger partial charge is 0.352 e. The second-order valence-electron chi connectivity index (χ2n) is 6.10. The number of benzene rings is 2. The van der Waals surface area contributed by atoms with Crippen molar-refractivity contribution in [1.82, 2.24) is 15.1 Å². The molecule has 5 heteroatoms. The van der Waals surface area contributed by atoms with Crippen LogP contribution in [0.2, 0.25) is 0 Å². The standard InChI is InChI=1S/C21H22FN3O/c1-2-20-18(14-24-25(20)15-16-8-4-3-5-9-16)21(26)23-13-12-17-10-6-7-11-19(17)22/h3-11,14H,2,12-13,15H2,1H3,(H,23,26). The molecule has 1 N–H and O–H groups in total. The predicted octanol–water partition coefficient (Wildman–Crippen LogP) is 3.61. The first-order chi connectivity index (χ1) is 12.7. The van der Waals surface area contributed by atoms with Crippen LogP contribution < -0.4 is 5.32 Å². The first kappa shape index (κ1) is 17.9. The van der Waals surface area contributed by atoms with Gasteiger partial charge in [0.05, 0.1) is 24.0 Å². The quantitative estimate of drug-likeness (QED) is 0.707. The van der Waals surface area contributed by atoms with Gasteiger partial charge in [0, 0.05) is 6.54 Å². The van der Waals surface area contributed by atoms with Crippen LogP contribution in [-0.2, 0) is 19.4 Å². The van der Waals surface area contributed by atoms with Gasteiger partial charge in [-0.2, -0.15) is 5.10 Å². The zero-order chi connectivity index (χ0) is 18.4. The van der Waals surface area contributed by atoms with Crippen molar-refractivity contribution in [2.75, 3.05) is 6.54 Å². The molecule has 0 spiro atoms. The fraction of sp³-hybridized carbons (Fsp3) is 0.238. The summed E-state index contributed by atoms with van der Waals surface area (Å²) in [6.45, 7) is 3.02. The van der Waals surface area contributed by atoms with Crippen molar-refractivity contribution in [1.29, 1.82) is 0 Å². The molecule has 0 aliphatic heterocycles. The third-order valence-electron chi connectivity index (χ3n) is 4.34. The molecule has 0 saturated heterocycles. The number of hydrogen-bond donors (Lipinski definition) is 1. The van der Waals surface area contributed by atoms with Gasteiger partial charge in [-0.05, 0) is 30.0 Å². The van der Waals surface area contributed by atoms with Gasteiger partial charge in [-0.3, -0.25) is 9.48 Å².